The first-order valence-electron chi connectivity index (χ1n) is 9.71. The SMILES string of the molecule is Cc1ccc(OC(=O)c2ccc(N3C(=O)C4CCC(C)CC4C3=O)cc2)cc1. The van der Waals surface area contributed by atoms with E-state index >= 15 is 0 Å². The molecule has 0 spiro atoms. The van der Waals surface area contributed by atoms with Crippen LogP contribution in [0, 0.1) is 24.7 Å². The number of hydrogen-bond acceptors (Lipinski definition) is 4. The lowest BCUT2D eigenvalue weighted by molar-refractivity contribution is -0.122. The second-order valence-corrected chi connectivity index (χ2v) is 7.89. The summed E-state index contributed by atoms with van der Waals surface area (Å²) >= 11 is 0. The van der Waals surface area contributed by atoms with Crippen LogP contribution in [-0.2, 0) is 9.59 Å². The van der Waals surface area contributed by atoms with E-state index < -0.39 is 5.97 Å². The summed E-state index contributed by atoms with van der Waals surface area (Å²) in [4.78, 5) is 39.2. The highest BCUT2D eigenvalue weighted by Crippen LogP contribution is 2.42. The van der Waals surface area contributed by atoms with Crippen LogP contribution in [0.15, 0.2) is 48.5 Å². The predicted molar refractivity (Wildman–Crippen MR) is 105 cm³/mol. The number of ether oxygens (including phenoxy) is 1. The van der Waals surface area contributed by atoms with Crippen LogP contribution in [0.4, 0.5) is 5.69 Å². The van der Waals surface area contributed by atoms with Crippen LogP contribution in [0.3, 0.4) is 0 Å². The Hall–Kier alpha value is -2.95. The number of fused-ring (bicyclic) bond motifs is 1. The zero-order valence-electron chi connectivity index (χ0n) is 16.1. The van der Waals surface area contributed by atoms with Gasteiger partial charge in [-0.3, -0.25) is 14.5 Å². The molecule has 1 saturated heterocycles. The topological polar surface area (TPSA) is 63.7 Å². The third-order valence-electron chi connectivity index (χ3n) is 5.78. The maximum Gasteiger partial charge on any atom is 0.343 e. The van der Waals surface area contributed by atoms with E-state index in [1.54, 1.807) is 36.4 Å². The fourth-order valence-corrected chi connectivity index (χ4v) is 4.16. The Morgan fingerprint density at radius 1 is 0.929 bits per heavy atom. The highest BCUT2D eigenvalue weighted by Gasteiger charge is 2.49. The quantitative estimate of drug-likeness (QED) is 0.458. The van der Waals surface area contributed by atoms with Gasteiger partial charge in [0.25, 0.3) is 0 Å². The molecule has 0 bridgehead atoms. The Morgan fingerprint density at radius 3 is 2.25 bits per heavy atom. The van der Waals surface area contributed by atoms with Gasteiger partial charge < -0.3 is 4.74 Å². The number of benzene rings is 2. The van der Waals surface area contributed by atoms with Gasteiger partial charge in [0.05, 0.1) is 23.1 Å². The Morgan fingerprint density at radius 2 is 1.57 bits per heavy atom. The fraction of sp³-hybridized carbons (Fsp3) is 0.348. The van der Waals surface area contributed by atoms with Crippen molar-refractivity contribution in [2.24, 2.45) is 17.8 Å². The number of imide groups is 1. The molecule has 0 aromatic heterocycles. The van der Waals surface area contributed by atoms with E-state index in [-0.39, 0.29) is 23.7 Å². The lowest BCUT2D eigenvalue weighted by Crippen LogP contribution is -2.30. The van der Waals surface area contributed by atoms with Gasteiger partial charge in [-0.15, -0.1) is 0 Å². The minimum atomic E-state index is -0.475. The molecule has 0 N–H and O–H groups in total. The second-order valence-electron chi connectivity index (χ2n) is 7.89. The molecular weight excluding hydrogens is 354 g/mol. The van der Waals surface area contributed by atoms with E-state index in [1.807, 2.05) is 19.1 Å². The molecule has 2 amide bonds. The van der Waals surface area contributed by atoms with Gasteiger partial charge >= 0.3 is 5.97 Å². The Labute approximate surface area is 164 Å². The van der Waals surface area contributed by atoms with E-state index in [0.717, 1.165) is 24.8 Å². The van der Waals surface area contributed by atoms with Crippen molar-refractivity contribution in [1.82, 2.24) is 0 Å². The first-order chi connectivity index (χ1) is 13.4. The number of anilines is 1. The van der Waals surface area contributed by atoms with Crippen molar-refractivity contribution >= 4 is 23.5 Å². The number of rotatable bonds is 3. The molecule has 0 radical (unpaired) electrons. The summed E-state index contributed by atoms with van der Waals surface area (Å²) in [5, 5.41) is 0. The number of hydrogen-bond donors (Lipinski definition) is 0. The number of esters is 1. The molecule has 28 heavy (non-hydrogen) atoms. The average Bonchev–Trinajstić information content (AvgIpc) is 2.93. The molecular formula is C23H23NO4. The summed E-state index contributed by atoms with van der Waals surface area (Å²) < 4.78 is 5.37. The molecule has 4 rings (SSSR count). The van der Waals surface area contributed by atoms with Crippen molar-refractivity contribution in [3.05, 3.63) is 59.7 Å². The molecule has 3 unspecified atom stereocenters. The summed E-state index contributed by atoms with van der Waals surface area (Å²) in [6.45, 7) is 4.09. The van der Waals surface area contributed by atoms with Crippen molar-refractivity contribution in [1.29, 1.82) is 0 Å². The maximum absolute atomic E-state index is 12.8. The number of nitrogens with zero attached hydrogens (tertiary/aromatic N) is 1. The van der Waals surface area contributed by atoms with Crippen molar-refractivity contribution < 1.29 is 19.1 Å². The molecule has 2 aromatic rings. The first-order valence-corrected chi connectivity index (χ1v) is 9.71. The zero-order valence-corrected chi connectivity index (χ0v) is 16.1. The lowest BCUT2D eigenvalue weighted by Gasteiger charge is -2.25. The molecule has 3 atom stereocenters. The highest BCUT2D eigenvalue weighted by atomic mass is 16.5. The van der Waals surface area contributed by atoms with E-state index in [2.05, 4.69) is 6.92 Å². The van der Waals surface area contributed by atoms with Crippen LogP contribution in [0.5, 0.6) is 5.75 Å². The molecule has 5 heteroatoms. The molecule has 5 nitrogen and oxygen atoms in total. The molecule has 1 heterocycles. The monoisotopic (exact) mass is 377 g/mol. The Kier molecular flexibility index (Phi) is 4.75. The minimum Gasteiger partial charge on any atom is -0.423 e. The highest BCUT2D eigenvalue weighted by molar-refractivity contribution is 6.22. The normalized spacial score (nSPS) is 24.2. The van der Waals surface area contributed by atoms with Crippen LogP contribution in [0.1, 0.15) is 42.1 Å². The number of aryl methyl sites for hydroxylation is 1. The summed E-state index contributed by atoms with van der Waals surface area (Å²) in [6, 6.07) is 13.7. The van der Waals surface area contributed by atoms with E-state index in [9.17, 15) is 14.4 Å². The van der Waals surface area contributed by atoms with Gasteiger partial charge in [-0.1, -0.05) is 24.6 Å². The third-order valence-corrected chi connectivity index (χ3v) is 5.78. The third kappa shape index (κ3) is 3.33. The van der Waals surface area contributed by atoms with Crippen LogP contribution < -0.4 is 9.64 Å². The van der Waals surface area contributed by atoms with Crippen molar-refractivity contribution in [2.75, 3.05) is 4.90 Å². The van der Waals surface area contributed by atoms with Crippen LogP contribution >= 0.6 is 0 Å². The Balaban J connectivity index is 1.50. The van der Waals surface area contributed by atoms with Gasteiger partial charge in [0.15, 0.2) is 0 Å². The zero-order chi connectivity index (χ0) is 19.8. The molecule has 2 fully saturated rings. The number of amides is 2. The van der Waals surface area contributed by atoms with Gasteiger partial charge in [-0.2, -0.15) is 0 Å². The first kappa shape index (κ1) is 18.4. The van der Waals surface area contributed by atoms with Crippen molar-refractivity contribution in [3.63, 3.8) is 0 Å². The van der Waals surface area contributed by atoms with Gasteiger partial charge in [-0.25, -0.2) is 4.79 Å². The van der Waals surface area contributed by atoms with Crippen LogP contribution in [0.25, 0.3) is 0 Å². The summed E-state index contributed by atoms with van der Waals surface area (Å²) in [5.41, 5.74) is 1.97. The maximum atomic E-state index is 12.8. The summed E-state index contributed by atoms with van der Waals surface area (Å²) in [6.07, 6.45) is 2.53. The van der Waals surface area contributed by atoms with Crippen molar-refractivity contribution in [2.45, 2.75) is 33.1 Å². The standard InChI is InChI=1S/C23H23NO4/c1-14-3-10-18(11-4-14)28-23(27)16-6-8-17(9-7-16)24-21(25)19-12-5-15(2)13-20(19)22(24)26/h3-4,6-11,15,19-20H,5,12-13H2,1-2H3. The molecule has 2 aromatic carbocycles. The van der Waals surface area contributed by atoms with Gasteiger partial charge in [0.1, 0.15) is 5.75 Å². The molecule has 1 saturated carbocycles. The molecule has 144 valence electrons. The lowest BCUT2D eigenvalue weighted by atomic mass is 9.76. The average molecular weight is 377 g/mol. The minimum absolute atomic E-state index is 0.114. The van der Waals surface area contributed by atoms with E-state index in [0.29, 0.717) is 22.9 Å². The summed E-state index contributed by atoms with van der Waals surface area (Å²) in [5.74, 6) is -0.165. The largest absolute Gasteiger partial charge is 0.423 e. The molecule has 1 aliphatic heterocycles. The Bertz CT molecular complexity index is 917. The second kappa shape index (κ2) is 7.23. The van der Waals surface area contributed by atoms with E-state index in [1.165, 1.54) is 4.90 Å². The van der Waals surface area contributed by atoms with Gasteiger partial charge in [0, 0.05) is 0 Å². The number of carbonyl (C=O) groups is 3. The molecule has 1 aliphatic carbocycles. The smallest absolute Gasteiger partial charge is 0.343 e. The number of carbonyl (C=O) groups excluding carboxylic acids is 3. The summed E-state index contributed by atoms with van der Waals surface area (Å²) in [7, 11) is 0. The van der Waals surface area contributed by atoms with Crippen LogP contribution in [0.2, 0.25) is 0 Å². The van der Waals surface area contributed by atoms with Crippen LogP contribution in [-0.4, -0.2) is 17.8 Å². The predicted octanol–water partition coefficient (Wildman–Crippen LogP) is 4.14. The van der Waals surface area contributed by atoms with Gasteiger partial charge in [0.2, 0.25) is 11.8 Å². The molecule has 2 aliphatic rings. The van der Waals surface area contributed by atoms with Gasteiger partial charge in [-0.05, 0) is 68.5 Å². The van der Waals surface area contributed by atoms with Crippen molar-refractivity contribution in [3.8, 4) is 5.75 Å². The van der Waals surface area contributed by atoms with E-state index in [4.69, 9.17) is 4.74 Å². The fourth-order valence-electron chi connectivity index (χ4n) is 4.16.